The fourth-order valence-corrected chi connectivity index (χ4v) is 5.18. The second kappa shape index (κ2) is 12.9. The minimum absolute atomic E-state index is 0.0309. The molecule has 0 unspecified atom stereocenters. The molecule has 37 heavy (non-hydrogen) atoms. The predicted molar refractivity (Wildman–Crippen MR) is 146 cm³/mol. The average Bonchev–Trinajstić information content (AvgIpc) is 2.83. The summed E-state index contributed by atoms with van der Waals surface area (Å²) in [6.07, 6.45) is 8.97. The Bertz CT molecular complexity index is 1120. The van der Waals surface area contributed by atoms with Crippen molar-refractivity contribution in [3.8, 4) is 0 Å². The number of nitrogens with zero attached hydrogens (tertiary/aromatic N) is 1. The molecule has 1 saturated carbocycles. The molecule has 3 amide bonds. The number of rotatable bonds is 7. The number of pyridine rings is 1. The van der Waals surface area contributed by atoms with E-state index in [1.54, 1.807) is 0 Å². The molecule has 8 nitrogen and oxygen atoms in total. The lowest BCUT2D eigenvalue weighted by molar-refractivity contribution is -0.149. The van der Waals surface area contributed by atoms with Gasteiger partial charge in [0.2, 0.25) is 0 Å². The highest BCUT2D eigenvalue weighted by Gasteiger charge is 2.41. The Morgan fingerprint density at radius 3 is 2.22 bits per heavy atom. The van der Waals surface area contributed by atoms with Crippen LogP contribution in [0.15, 0.2) is 24.4 Å². The summed E-state index contributed by atoms with van der Waals surface area (Å²) < 4.78 is 5.08. The van der Waals surface area contributed by atoms with Gasteiger partial charge in [-0.15, -0.1) is 0 Å². The number of carbonyl (C=O) groups is 3. The quantitative estimate of drug-likeness (QED) is 0.363. The van der Waals surface area contributed by atoms with Crippen molar-refractivity contribution in [1.82, 2.24) is 10.3 Å². The van der Waals surface area contributed by atoms with Gasteiger partial charge in [-0.05, 0) is 55.9 Å². The number of hydrogen-bond acceptors (Lipinski definition) is 5. The van der Waals surface area contributed by atoms with E-state index in [4.69, 9.17) is 16.3 Å². The van der Waals surface area contributed by atoms with E-state index in [1.807, 2.05) is 13.8 Å². The number of esters is 1. The van der Waals surface area contributed by atoms with E-state index in [0.29, 0.717) is 18.5 Å². The molecule has 3 rings (SSSR count). The van der Waals surface area contributed by atoms with Crippen molar-refractivity contribution >= 4 is 40.9 Å². The number of benzene rings is 1. The molecule has 1 heterocycles. The topological polar surface area (TPSA) is 109 Å². The zero-order valence-corrected chi connectivity index (χ0v) is 22.9. The molecule has 1 aliphatic carbocycles. The van der Waals surface area contributed by atoms with Gasteiger partial charge in [-0.2, -0.15) is 0 Å². The Morgan fingerprint density at radius 2 is 1.62 bits per heavy atom. The molecule has 0 bridgehead atoms. The maximum Gasteiger partial charge on any atom is 0.331 e. The second-order valence-corrected chi connectivity index (χ2v) is 10.2. The fourth-order valence-electron chi connectivity index (χ4n) is 5.03. The Labute approximate surface area is 223 Å². The number of halogens is 1. The summed E-state index contributed by atoms with van der Waals surface area (Å²) in [7, 11) is 1.33. The van der Waals surface area contributed by atoms with Crippen LogP contribution in [-0.4, -0.2) is 35.5 Å². The molecule has 1 aromatic carbocycles. The average molecular weight is 529 g/mol. The first kappa shape index (κ1) is 28.4. The van der Waals surface area contributed by atoms with Crippen LogP contribution >= 0.6 is 11.6 Å². The van der Waals surface area contributed by atoms with Gasteiger partial charge in [0.05, 0.1) is 17.8 Å². The van der Waals surface area contributed by atoms with E-state index in [-0.39, 0.29) is 16.4 Å². The largest absolute Gasteiger partial charge is 0.467 e. The lowest BCUT2D eigenvalue weighted by atomic mass is 9.83. The Kier molecular flexibility index (Phi) is 9.92. The molecule has 9 heteroatoms. The van der Waals surface area contributed by atoms with Crippen molar-refractivity contribution in [3.05, 3.63) is 51.8 Å². The fraction of sp³-hybridized carbons (Fsp3) is 0.500. The summed E-state index contributed by atoms with van der Waals surface area (Å²) in [4.78, 5) is 43.4. The number of urea groups is 1. The zero-order valence-electron chi connectivity index (χ0n) is 22.1. The third-order valence-corrected chi connectivity index (χ3v) is 7.03. The summed E-state index contributed by atoms with van der Waals surface area (Å²) in [6, 6.07) is 5.07. The van der Waals surface area contributed by atoms with Gasteiger partial charge in [0.25, 0.3) is 5.91 Å². The van der Waals surface area contributed by atoms with Crippen molar-refractivity contribution in [1.29, 1.82) is 0 Å². The third-order valence-electron chi connectivity index (χ3n) is 6.82. The van der Waals surface area contributed by atoms with Crippen LogP contribution in [0.1, 0.15) is 85.5 Å². The van der Waals surface area contributed by atoms with E-state index in [0.717, 1.165) is 56.1 Å². The minimum Gasteiger partial charge on any atom is -0.467 e. The van der Waals surface area contributed by atoms with Crippen LogP contribution in [0.3, 0.4) is 0 Å². The minimum atomic E-state index is -1.14. The second-order valence-electron chi connectivity index (χ2n) is 9.78. The lowest BCUT2D eigenvalue weighted by Gasteiger charge is -2.33. The molecule has 0 spiro atoms. The van der Waals surface area contributed by atoms with Crippen LogP contribution in [0.2, 0.25) is 5.02 Å². The maximum absolute atomic E-state index is 13.4. The van der Waals surface area contributed by atoms with Crippen molar-refractivity contribution in [2.24, 2.45) is 0 Å². The van der Waals surface area contributed by atoms with Crippen LogP contribution in [0.5, 0.6) is 0 Å². The summed E-state index contributed by atoms with van der Waals surface area (Å²) in [5.41, 5.74) is 2.80. The highest BCUT2D eigenvalue weighted by molar-refractivity contribution is 6.31. The highest BCUT2D eigenvalue weighted by Crippen LogP contribution is 2.29. The molecule has 1 aliphatic rings. The lowest BCUT2D eigenvalue weighted by Crippen LogP contribution is -2.55. The molecule has 0 aliphatic heterocycles. The van der Waals surface area contributed by atoms with Crippen molar-refractivity contribution < 1.29 is 19.1 Å². The molecule has 2 aromatic rings. The van der Waals surface area contributed by atoms with Gasteiger partial charge in [-0.3, -0.25) is 4.79 Å². The molecule has 3 N–H and O–H groups in total. The van der Waals surface area contributed by atoms with E-state index in [2.05, 4.69) is 40.0 Å². The first-order chi connectivity index (χ1) is 17.7. The summed E-state index contributed by atoms with van der Waals surface area (Å²) in [5, 5.41) is 8.76. The number of amides is 3. The standard InChI is InChI=1S/C28H37ClN4O4/c1-5-11-20-14-18(2)23(19(3)15-20)32-27(36)31-22-16-21(29)17-30-24(22)25(34)33-28(26(35)37-4)12-9-7-6-8-10-13-28/h14-17H,5-13H2,1-4H3,(H,33,34)(H2,31,32,36). The van der Waals surface area contributed by atoms with Crippen LogP contribution in [0, 0.1) is 13.8 Å². The summed E-state index contributed by atoms with van der Waals surface area (Å²) in [5.74, 6) is -1.05. The highest BCUT2D eigenvalue weighted by atomic mass is 35.5. The Hall–Kier alpha value is -3.13. The Balaban J connectivity index is 1.83. The number of hydrogen-bond donors (Lipinski definition) is 3. The first-order valence-electron chi connectivity index (χ1n) is 12.9. The van der Waals surface area contributed by atoms with Crippen LogP contribution in [0.25, 0.3) is 0 Å². The molecule has 1 aromatic heterocycles. The van der Waals surface area contributed by atoms with Gasteiger partial charge in [0.1, 0.15) is 5.54 Å². The van der Waals surface area contributed by atoms with Crippen molar-refractivity contribution in [3.63, 3.8) is 0 Å². The molecule has 0 radical (unpaired) electrons. The summed E-state index contributed by atoms with van der Waals surface area (Å²) >= 11 is 6.15. The zero-order chi connectivity index (χ0) is 27.0. The van der Waals surface area contributed by atoms with E-state index >= 15 is 0 Å². The molecule has 0 saturated heterocycles. The number of nitrogens with one attached hydrogen (secondary N) is 3. The van der Waals surface area contributed by atoms with Gasteiger partial charge in [0, 0.05) is 11.9 Å². The molecular weight excluding hydrogens is 492 g/mol. The number of carbonyl (C=O) groups excluding carboxylic acids is 3. The SMILES string of the molecule is CCCc1cc(C)c(NC(=O)Nc2cc(Cl)cnc2C(=O)NC2(C(=O)OC)CCCCCCC2)c(C)c1. The van der Waals surface area contributed by atoms with Gasteiger partial charge in [-0.25, -0.2) is 14.6 Å². The van der Waals surface area contributed by atoms with Crippen LogP contribution in [0.4, 0.5) is 16.2 Å². The number of methoxy groups -OCH3 is 1. The van der Waals surface area contributed by atoms with Crippen LogP contribution < -0.4 is 16.0 Å². The molecule has 1 fully saturated rings. The van der Waals surface area contributed by atoms with Gasteiger partial charge >= 0.3 is 12.0 Å². The number of aromatic nitrogens is 1. The maximum atomic E-state index is 13.4. The normalized spacial score (nSPS) is 15.2. The molecular formula is C28H37ClN4O4. The smallest absolute Gasteiger partial charge is 0.331 e. The van der Waals surface area contributed by atoms with Crippen LogP contribution in [-0.2, 0) is 16.0 Å². The predicted octanol–water partition coefficient (Wildman–Crippen LogP) is 6.33. The molecule has 200 valence electrons. The van der Waals surface area contributed by atoms with Crippen molar-refractivity contribution in [2.75, 3.05) is 17.7 Å². The number of ether oxygens (including phenoxy) is 1. The van der Waals surface area contributed by atoms with Gasteiger partial charge in [0.15, 0.2) is 5.69 Å². The Morgan fingerprint density at radius 1 is 1.00 bits per heavy atom. The first-order valence-corrected chi connectivity index (χ1v) is 13.3. The van der Waals surface area contributed by atoms with E-state index < -0.39 is 23.4 Å². The summed E-state index contributed by atoms with van der Waals surface area (Å²) in [6.45, 7) is 6.02. The monoisotopic (exact) mass is 528 g/mol. The number of aryl methyl sites for hydroxylation is 3. The number of anilines is 2. The van der Waals surface area contributed by atoms with Gasteiger partial charge in [-0.1, -0.05) is 69.2 Å². The van der Waals surface area contributed by atoms with Crippen molar-refractivity contribution in [2.45, 2.75) is 84.1 Å². The van der Waals surface area contributed by atoms with E-state index in [1.165, 1.54) is 24.9 Å². The molecule has 0 atom stereocenters. The van der Waals surface area contributed by atoms with Gasteiger partial charge < -0.3 is 20.7 Å². The third kappa shape index (κ3) is 7.22. The van der Waals surface area contributed by atoms with E-state index in [9.17, 15) is 14.4 Å².